The Morgan fingerprint density at radius 2 is 1.79 bits per heavy atom. The van der Waals surface area contributed by atoms with Gasteiger partial charge in [-0.25, -0.2) is 0 Å². The standard InChI is InChI=1S/C15H14N4O5/c1-10-13(18(21)22)6-12(7-14(10)19(23)24)15(20)17(2)9-11-4-3-5-16-8-11/h3-8H,9H2,1-2H3. The normalized spacial score (nSPS) is 10.2. The van der Waals surface area contributed by atoms with Crippen LogP contribution < -0.4 is 0 Å². The van der Waals surface area contributed by atoms with Crippen LogP contribution in [-0.2, 0) is 6.54 Å². The Hall–Kier alpha value is -3.36. The van der Waals surface area contributed by atoms with Crippen molar-refractivity contribution in [3.05, 3.63) is 73.6 Å². The van der Waals surface area contributed by atoms with Crippen molar-refractivity contribution >= 4 is 17.3 Å². The molecule has 0 aliphatic rings. The van der Waals surface area contributed by atoms with Gasteiger partial charge in [-0.05, 0) is 18.6 Å². The average Bonchev–Trinajstić information content (AvgIpc) is 2.54. The molecule has 0 radical (unpaired) electrons. The van der Waals surface area contributed by atoms with E-state index in [9.17, 15) is 25.0 Å². The zero-order valence-corrected chi connectivity index (χ0v) is 13.0. The maximum Gasteiger partial charge on any atom is 0.279 e. The Labute approximate surface area is 136 Å². The summed E-state index contributed by atoms with van der Waals surface area (Å²) in [6.07, 6.45) is 3.18. The summed E-state index contributed by atoms with van der Waals surface area (Å²) in [5.74, 6) is -0.551. The van der Waals surface area contributed by atoms with Gasteiger partial charge in [-0.15, -0.1) is 0 Å². The predicted octanol–water partition coefficient (Wildman–Crippen LogP) is 2.48. The highest BCUT2D eigenvalue weighted by Crippen LogP contribution is 2.29. The fraction of sp³-hybridized carbons (Fsp3) is 0.200. The van der Waals surface area contributed by atoms with Crippen molar-refractivity contribution in [2.75, 3.05) is 7.05 Å². The number of hydrogen-bond acceptors (Lipinski definition) is 6. The van der Waals surface area contributed by atoms with Gasteiger partial charge in [0.05, 0.1) is 15.4 Å². The number of amides is 1. The van der Waals surface area contributed by atoms with Crippen molar-refractivity contribution < 1.29 is 14.6 Å². The summed E-state index contributed by atoms with van der Waals surface area (Å²) in [5, 5.41) is 22.2. The van der Waals surface area contributed by atoms with E-state index in [4.69, 9.17) is 0 Å². The number of nitro groups is 2. The maximum atomic E-state index is 12.5. The largest absolute Gasteiger partial charge is 0.337 e. The second-order valence-electron chi connectivity index (χ2n) is 5.18. The van der Waals surface area contributed by atoms with Gasteiger partial charge in [0.2, 0.25) is 0 Å². The van der Waals surface area contributed by atoms with Crippen molar-refractivity contribution in [2.45, 2.75) is 13.5 Å². The van der Waals surface area contributed by atoms with Crippen LogP contribution in [0.25, 0.3) is 0 Å². The van der Waals surface area contributed by atoms with Crippen LogP contribution in [0.4, 0.5) is 11.4 Å². The van der Waals surface area contributed by atoms with Crippen molar-refractivity contribution in [1.29, 1.82) is 0 Å². The molecule has 1 heterocycles. The van der Waals surface area contributed by atoms with Crippen molar-refractivity contribution in [3.63, 3.8) is 0 Å². The summed E-state index contributed by atoms with van der Waals surface area (Å²) >= 11 is 0. The molecule has 124 valence electrons. The Bertz CT molecular complexity index is 772. The molecule has 1 aromatic heterocycles. The van der Waals surface area contributed by atoms with E-state index < -0.39 is 27.1 Å². The van der Waals surface area contributed by atoms with E-state index in [-0.39, 0.29) is 17.7 Å². The van der Waals surface area contributed by atoms with Crippen molar-refractivity contribution in [1.82, 2.24) is 9.88 Å². The quantitative estimate of drug-likeness (QED) is 0.613. The third-order valence-corrected chi connectivity index (χ3v) is 3.48. The van der Waals surface area contributed by atoms with E-state index in [1.165, 1.54) is 18.9 Å². The molecule has 0 fully saturated rings. The van der Waals surface area contributed by atoms with E-state index in [1.54, 1.807) is 24.5 Å². The first-order valence-corrected chi connectivity index (χ1v) is 6.89. The molecule has 1 amide bonds. The second kappa shape index (κ2) is 6.82. The van der Waals surface area contributed by atoms with Crippen LogP contribution in [0.1, 0.15) is 21.5 Å². The SMILES string of the molecule is Cc1c([N+](=O)[O-])cc(C(=O)N(C)Cc2cccnc2)cc1[N+](=O)[O-]. The van der Waals surface area contributed by atoms with E-state index in [2.05, 4.69) is 4.98 Å². The minimum atomic E-state index is -0.736. The van der Waals surface area contributed by atoms with Gasteiger partial charge in [0.1, 0.15) is 5.56 Å². The van der Waals surface area contributed by atoms with Gasteiger partial charge in [0.25, 0.3) is 17.3 Å². The zero-order valence-electron chi connectivity index (χ0n) is 13.0. The van der Waals surface area contributed by atoms with E-state index in [0.717, 1.165) is 17.7 Å². The van der Waals surface area contributed by atoms with Gasteiger partial charge in [0.15, 0.2) is 0 Å². The summed E-state index contributed by atoms with van der Waals surface area (Å²) in [7, 11) is 1.51. The number of carbonyl (C=O) groups excluding carboxylic acids is 1. The molecule has 0 saturated heterocycles. The number of carbonyl (C=O) groups is 1. The fourth-order valence-electron chi connectivity index (χ4n) is 2.24. The molecule has 2 aromatic rings. The lowest BCUT2D eigenvalue weighted by molar-refractivity contribution is -0.395. The van der Waals surface area contributed by atoms with E-state index in [1.807, 2.05) is 0 Å². The Morgan fingerprint density at radius 3 is 2.25 bits per heavy atom. The van der Waals surface area contributed by atoms with Crippen LogP contribution >= 0.6 is 0 Å². The first kappa shape index (κ1) is 17.0. The van der Waals surface area contributed by atoms with Crippen molar-refractivity contribution in [3.8, 4) is 0 Å². The molecule has 0 atom stereocenters. The third-order valence-electron chi connectivity index (χ3n) is 3.48. The number of rotatable bonds is 5. The number of benzene rings is 1. The fourth-order valence-corrected chi connectivity index (χ4v) is 2.24. The average molecular weight is 330 g/mol. The lowest BCUT2D eigenvalue weighted by Crippen LogP contribution is -2.26. The monoisotopic (exact) mass is 330 g/mol. The molecular weight excluding hydrogens is 316 g/mol. The summed E-state index contributed by atoms with van der Waals surface area (Å²) in [5.41, 5.74) is -0.337. The number of nitrogens with zero attached hydrogens (tertiary/aromatic N) is 4. The first-order valence-electron chi connectivity index (χ1n) is 6.89. The molecule has 2 rings (SSSR count). The molecule has 0 unspecified atom stereocenters. The highest BCUT2D eigenvalue weighted by atomic mass is 16.6. The molecule has 0 aliphatic heterocycles. The van der Waals surface area contributed by atoms with Crippen LogP contribution in [0, 0.1) is 27.2 Å². The summed E-state index contributed by atoms with van der Waals surface area (Å²) in [6.45, 7) is 1.51. The van der Waals surface area contributed by atoms with Gasteiger partial charge >= 0.3 is 0 Å². The van der Waals surface area contributed by atoms with Gasteiger partial charge in [-0.1, -0.05) is 6.07 Å². The molecule has 24 heavy (non-hydrogen) atoms. The summed E-state index contributed by atoms with van der Waals surface area (Å²) in [6, 6.07) is 5.61. The van der Waals surface area contributed by atoms with E-state index in [0.29, 0.717) is 0 Å². The maximum absolute atomic E-state index is 12.5. The predicted molar refractivity (Wildman–Crippen MR) is 84.5 cm³/mol. The smallest absolute Gasteiger partial charge is 0.279 e. The lowest BCUT2D eigenvalue weighted by Gasteiger charge is -2.17. The van der Waals surface area contributed by atoms with E-state index >= 15 is 0 Å². The number of nitro benzene ring substituents is 2. The lowest BCUT2D eigenvalue weighted by atomic mass is 10.1. The molecule has 9 nitrogen and oxygen atoms in total. The molecule has 0 bridgehead atoms. The summed E-state index contributed by atoms with van der Waals surface area (Å²) in [4.78, 5) is 38.4. The van der Waals surface area contributed by atoms with Gasteiger partial charge in [-0.2, -0.15) is 0 Å². The highest BCUT2D eigenvalue weighted by molar-refractivity contribution is 5.95. The summed E-state index contributed by atoms with van der Waals surface area (Å²) < 4.78 is 0. The molecular formula is C15H14N4O5. The minimum absolute atomic E-state index is 0.0866. The Kier molecular flexibility index (Phi) is 4.83. The van der Waals surface area contributed by atoms with Crippen LogP contribution in [0.15, 0.2) is 36.7 Å². The van der Waals surface area contributed by atoms with Crippen LogP contribution in [0.2, 0.25) is 0 Å². The van der Waals surface area contributed by atoms with Crippen molar-refractivity contribution in [2.24, 2.45) is 0 Å². The molecule has 0 N–H and O–H groups in total. The molecule has 1 aromatic carbocycles. The van der Waals surface area contributed by atoms with Gasteiger partial charge < -0.3 is 4.90 Å². The molecule has 0 aliphatic carbocycles. The van der Waals surface area contributed by atoms with Crippen LogP contribution in [0.5, 0.6) is 0 Å². The zero-order chi connectivity index (χ0) is 17.9. The second-order valence-corrected chi connectivity index (χ2v) is 5.18. The topological polar surface area (TPSA) is 119 Å². The molecule has 0 spiro atoms. The number of hydrogen-bond donors (Lipinski definition) is 0. The Balaban J connectivity index is 2.38. The number of pyridine rings is 1. The molecule has 0 saturated carbocycles. The highest BCUT2D eigenvalue weighted by Gasteiger charge is 2.26. The third kappa shape index (κ3) is 3.51. The van der Waals surface area contributed by atoms with Gasteiger partial charge in [-0.3, -0.25) is 30.0 Å². The molecule has 9 heteroatoms. The number of aromatic nitrogens is 1. The van der Waals surface area contributed by atoms with Gasteiger partial charge in [0, 0.05) is 38.1 Å². The first-order chi connectivity index (χ1) is 11.3. The Morgan fingerprint density at radius 1 is 1.21 bits per heavy atom. The van der Waals surface area contributed by atoms with Crippen LogP contribution in [0.3, 0.4) is 0 Å². The minimum Gasteiger partial charge on any atom is -0.337 e. The van der Waals surface area contributed by atoms with Crippen LogP contribution in [-0.4, -0.2) is 32.7 Å².